The van der Waals surface area contributed by atoms with Gasteiger partial charge in [-0.05, 0) is 82.0 Å². The number of carbonyl (C=O) groups is 2. The molecule has 2 amide bonds. The summed E-state index contributed by atoms with van der Waals surface area (Å²) in [7, 11) is 1.31. The van der Waals surface area contributed by atoms with E-state index in [0.717, 1.165) is 4.90 Å². The molecule has 1 aliphatic heterocycles. The molecule has 1 atom stereocenters. The molecule has 2 aromatic carbocycles. The molecule has 0 radical (unpaired) electrons. The standard InChI is InChI=1S/C29H33F7N2O3/c1-18(19-14-21(28(31,32)33)16-22(15-19)29(34,35)36)37(5)24(39)17-27(20-6-8-23(30)9-7-20)10-12-38(13-11-27)25(40)41-26(2,3)4/h6-9,14-16,18H,10-13,17H2,1-5H3. The van der Waals surface area contributed by atoms with Crippen LogP contribution in [0.4, 0.5) is 35.5 Å². The minimum atomic E-state index is -5.02. The van der Waals surface area contributed by atoms with Crippen LogP contribution in [-0.4, -0.2) is 47.5 Å². The average Bonchev–Trinajstić information content (AvgIpc) is 2.86. The van der Waals surface area contributed by atoms with Crippen LogP contribution >= 0.6 is 0 Å². The number of hydrogen-bond donors (Lipinski definition) is 0. The van der Waals surface area contributed by atoms with E-state index in [-0.39, 0.29) is 31.1 Å². The van der Waals surface area contributed by atoms with Gasteiger partial charge in [0.05, 0.1) is 17.2 Å². The molecule has 0 aromatic heterocycles. The zero-order chi connectivity index (χ0) is 31.0. The number of hydrogen-bond acceptors (Lipinski definition) is 3. The summed E-state index contributed by atoms with van der Waals surface area (Å²) in [6.45, 7) is 6.99. The van der Waals surface area contributed by atoms with Crippen LogP contribution in [-0.2, 0) is 27.3 Å². The highest BCUT2D eigenvalue weighted by Gasteiger charge is 2.42. The molecular formula is C29H33F7N2O3. The first kappa shape index (κ1) is 32.2. The number of alkyl halides is 6. The third-order valence-corrected chi connectivity index (χ3v) is 7.39. The maximum atomic E-state index is 13.7. The van der Waals surface area contributed by atoms with E-state index >= 15 is 0 Å². The molecule has 1 heterocycles. The van der Waals surface area contributed by atoms with Gasteiger partial charge >= 0.3 is 18.4 Å². The number of rotatable bonds is 5. The maximum Gasteiger partial charge on any atom is 0.416 e. The molecule has 0 N–H and O–H groups in total. The molecule has 0 aliphatic carbocycles. The Bertz CT molecular complexity index is 1210. The van der Waals surface area contributed by atoms with Gasteiger partial charge < -0.3 is 14.5 Å². The molecule has 5 nitrogen and oxygen atoms in total. The summed E-state index contributed by atoms with van der Waals surface area (Å²) >= 11 is 0. The van der Waals surface area contributed by atoms with Crippen LogP contribution in [0, 0.1) is 5.82 Å². The first-order chi connectivity index (χ1) is 18.7. The molecular weight excluding hydrogens is 557 g/mol. The summed E-state index contributed by atoms with van der Waals surface area (Å²) in [5, 5.41) is 0. The van der Waals surface area contributed by atoms with Gasteiger partial charge in [0.15, 0.2) is 0 Å². The van der Waals surface area contributed by atoms with Crippen LogP contribution in [0.1, 0.15) is 75.3 Å². The summed E-state index contributed by atoms with van der Waals surface area (Å²) in [5.74, 6) is -1.02. The van der Waals surface area contributed by atoms with Gasteiger partial charge in [-0.3, -0.25) is 4.79 Å². The van der Waals surface area contributed by atoms with Crippen molar-refractivity contribution in [1.82, 2.24) is 9.80 Å². The van der Waals surface area contributed by atoms with E-state index in [0.29, 0.717) is 30.5 Å². The molecule has 0 saturated carbocycles. The molecule has 1 saturated heterocycles. The van der Waals surface area contributed by atoms with Crippen LogP contribution in [0.25, 0.3) is 0 Å². The van der Waals surface area contributed by atoms with Crippen molar-refractivity contribution in [3.63, 3.8) is 0 Å². The fraction of sp³-hybridized carbons (Fsp3) is 0.517. The molecule has 0 bridgehead atoms. The third-order valence-electron chi connectivity index (χ3n) is 7.39. The van der Waals surface area contributed by atoms with Crippen molar-refractivity contribution in [2.75, 3.05) is 20.1 Å². The van der Waals surface area contributed by atoms with Crippen LogP contribution in [0.5, 0.6) is 0 Å². The maximum absolute atomic E-state index is 13.7. The topological polar surface area (TPSA) is 49.9 Å². The average molecular weight is 591 g/mol. The Morgan fingerprint density at radius 3 is 1.85 bits per heavy atom. The Kier molecular flexibility index (Phi) is 9.05. The van der Waals surface area contributed by atoms with Crippen molar-refractivity contribution in [2.24, 2.45) is 0 Å². The van der Waals surface area contributed by atoms with Gasteiger partial charge in [-0.2, -0.15) is 26.3 Å². The second-order valence-electron chi connectivity index (χ2n) is 11.5. The smallest absolute Gasteiger partial charge is 0.416 e. The molecule has 1 aliphatic rings. The van der Waals surface area contributed by atoms with Crippen molar-refractivity contribution in [3.8, 4) is 0 Å². The lowest BCUT2D eigenvalue weighted by Gasteiger charge is -2.43. The quantitative estimate of drug-likeness (QED) is 0.335. The summed E-state index contributed by atoms with van der Waals surface area (Å²) in [6, 6.07) is 5.70. The van der Waals surface area contributed by atoms with Crippen LogP contribution in [0.15, 0.2) is 42.5 Å². The minimum Gasteiger partial charge on any atom is -0.444 e. The SMILES string of the molecule is CC(c1cc(C(F)(F)F)cc(C(F)(F)F)c1)N(C)C(=O)CC1(c2ccc(F)cc2)CCN(C(=O)OC(C)(C)C)CC1. The van der Waals surface area contributed by atoms with E-state index in [4.69, 9.17) is 4.74 Å². The molecule has 1 fully saturated rings. The third kappa shape index (κ3) is 7.91. The fourth-order valence-corrected chi connectivity index (χ4v) is 4.89. The van der Waals surface area contributed by atoms with Crippen molar-refractivity contribution >= 4 is 12.0 Å². The lowest BCUT2D eigenvalue weighted by Crippen LogP contribution is -2.48. The van der Waals surface area contributed by atoms with E-state index in [9.17, 15) is 40.3 Å². The molecule has 41 heavy (non-hydrogen) atoms. The zero-order valence-corrected chi connectivity index (χ0v) is 23.4. The van der Waals surface area contributed by atoms with Gasteiger partial charge in [0.1, 0.15) is 11.4 Å². The van der Waals surface area contributed by atoms with Crippen LogP contribution < -0.4 is 0 Å². The number of halogens is 7. The van der Waals surface area contributed by atoms with Gasteiger partial charge in [0.25, 0.3) is 0 Å². The van der Waals surface area contributed by atoms with Gasteiger partial charge in [-0.25, -0.2) is 9.18 Å². The molecule has 0 spiro atoms. The van der Waals surface area contributed by atoms with Gasteiger partial charge in [0.2, 0.25) is 5.91 Å². The highest BCUT2D eigenvalue weighted by Crippen LogP contribution is 2.41. The summed E-state index contributed by atoms with van der Waals surface area (Å²) in [4.78, 5) is 28.8. The summed E-state index contributed by atoms with van der Waals surface area (Å²) < 4.78 is 99.6. The fourth-order valence-electron chi connectivity index (χ4n) is 4.89. The molecule has 1 unspecified atom stereocenters. The molecule has 226 valence electrons. The van der Waals surface area contributed by atoms with Crippen molar-refractivity contribution in [1.29, 1.82) is 0 Å². The number of benzene rings is 2. The van der Waals surface area contributed by atoms with Gasteiger partial charge in [0, 0.05) is 32.0 Å². The number of amides is 2. The van der Waals surface area contributed by atoms with E-state index < -0.39 is 58.4 Å². The number of piperidine rings is 1. The zero-order valence-electron chi connectivity index (χ0n) is 23.4. The van der Waals surface area contributed by atoms with Crippen molar-refractivity contribution in [2.45, 2.75) is 76.4 Å². The van der Waals surface area contributed by atoms with E-state index in [1.54, 1.807) is 20.8 Å². The van der Waals surface area contributed by atoms with Gasteiger partial charge in [-0.15, -0.1) is 0 Å². The van der Waals surface area contributed by atoms with Crippen LogP contribution in [0.3, 0.4) is 0 Å². The Morgan fingerprint density at radius 2 is 1.41 bits per heavy atom. The largest absolute Gasteiger partial charge is 0.444 e. The molecule has 3 rings (SSSR count). The normalized spacial score (nSPS) is 16.7. The second-order valence-corrected chi connectivity index (χ2v) is 11.5. The summed E-state index contributed by atoms with van der Waals surface area (Å²) in [5.41, 5.74) is -4.19. The minimum absolute atomic E-state index is 0.0417. The Labute approximate surface area is 234 Å². The van der Waals surface area contributed by atoms with Gasteiger partial charge in [-0.1, -0.05) is 12.1 Å². The highest BCUT2D eigenvalue weighted by molar-refractivity contribution is 5.78. The monoisotopic (exact) mass is 590 g/mol. The predicted molar refractivity (Wildman–Crippen MR) is 137 cm³/mol. The number of likely N-dealkylation sites (tertiary alicyclic amines) is 1. The number of carbonyl (C=O) groups excluding carboxylic acids is 2. The van der Waals surface area contributed by atoms with E-state index in [1.165, 1.54) is 43.1 Å². The molecule has 2 aromatic rings. The predicted octanol–water partition coefficient (Wildman–Crippen LogP) is 7.74. The first-order valence-corrected chi connectivity index (χ1v) is 13.0. The Hall–Kier alpha value is -3.31. The summed E-state index contributed by atoms with van der Waals surface area (Å²) in [6.07, 6.45) is -10.1. The second kappa shape index (κ2) is 11.5. The Morgan fingerprint density at radius 1 is 0.927 bits per heavy atom. The lowest BCUT2D eigenvalue weighted by molar-refractivity contribution is -0.143. The van der Waals surface area contributed by atoms with Crippen molar-refractivity contribution in [3.05, 3.63) is 70.5 Å². The lowest BCUT2D eigenvalue weighted by atomic mass is 9.70. The van der Waals surface area contributed by atoms with E-state index in [1.807, 2.05) is 0 Å². The molecule has 12 heteroatoms. The Balaban J connectivity index is 1.89. The van der Waals surface area contributed by atoms with Crippen molar-refractivity contribution < 1.29 is 45.1 Å². The first-order valence-electron chi connectivity index (χ1n) is 13.0. The van der Waals surface area contributed by atoms with Crippen LogP contribution in [0.2, 0.25) is 0 Å². The number of nitrogens with zero attached hydrogens (tertiary/aromatic N) is 2. The highest BCUT2D eigenvalue weighted by atomic mass is 19.4. The van der Waals surface area contributed by atoms with E-state index in [2.05, 4.69) is 0 Å². The number of ether oxygens (including phenoxy) is 1.